The molecule has 1 saturated carbocycles. The van der Waals surface area contributed by atoms with Crippen molar-refractivity contribution >= 4 is 17.5 Å². The van der Waals surface area contributed by atoms with Gasteiger partial charge in [-0.05, 0) is 38.0 Å². The minimum Gasteiger partial charge on any atom is -0.496 e. The van der Waals surface area contributed by atoms with E-state index in [1.807, 2.05) is 48.2 Å². The van der Waals surface area contributed by atoms with Gasteiger partial charge in [0, 0.05) is 38.3 Å². The van der Waals surface area contributed by atoms with Gasteiger partial charge in [-0.3, -0.25) is 4.79 Å². The summed E-state index contributed by atoms with van der Waals surface area (Å²) in [4.78, 5) is 17.5. The SMILES string of the molecule is CCNc1ccc(N2CCN(C(=O)C3(c4ccccc4OC)CC3)CC2)nn1. The highest BCUT2D eigenvalue weighted by Crippen LogP contribution is 2.52. The molecule has 1 N–H and O–H groups in total. The monoisotopic (exact) mass is 381 g/mol. The van der Waals surface area contributed by atoms with Crippen molar-refractivity contribution in [1.29, 1.82) is 0 Å². The largest absolute Gasteiger partial charge is 0.496 e. The Hall–Kier alpha value is -2.83. The van der Waals surface area contributed by atoms with Crippen LogP contribution in [0.3, 0.4) is 0 Å². The highest BCUT2D eigenvalue weighted by molar-refractivity contribution is 5.92. The molecular formula is C21H27N5O2. The summed E-state index contributed by atoms with van der Waals surface area (Å²) in [6.07, 6.45) is 1.79. The van der Waals surface area contributed by atoms with Crippen molar-refractivity contribution in [2.24, 2.45) is 0 Å². The first-order chi connectivity index (χ1) is 13.7. The van der Waals surface area contributed by atoms with E-state index in [2.05, 4.69) is 20.4 Å². The van der Waals surface area contributed by atoms with Crippen LogP contribution in [0.15, 0.2) is 36.4 Å². The number of aromatic nitrogens is 2. The van der Waals surface area contributed by atoms with Gasteiger partial charge >= 0.3 is 0 Å². The van der Waals surface area contributed by atoms with Crippen LogP contribution in [-0.2, 0) is 10.2 Å². The van der Waals surface area contributed by atoms with Gasteiger partial charge in [0.1, 0.15) is 11.6 Å². The molecule has 0 atom stereocenters. The van der Waals surface area contributed by atoms with Crippen molar-refractivity contribution in [3.63, 3.8) is 0 Å². The van der Waals surface area contributed by atoms with Crippen LogP contribution in [0.4, 0.5) is 11.6 Å². The van der Waals surface area contributed by atoms with E-state index in [1.165, 1.54) is 0 Å². The zero-order valence-corrected chi connectivity index (χ0v) is 16.5. The van der Waals surface area contributed by atoms with Gasteiger partial charge in [0.15, 0.2) is 5.82 Å². The molecule has 28 heavy (non-hydrogen) atoms. The molecule has 1 aromatic carbocycles. The number of carbonyl (C=O) groups excluding carboxylic acids is 1. The summed E-state index contributed by atoms with van der Waals surface area (Å²) in [5, 5.41) is 11.7. The normalized spacial score (nSPS) is 17.9. The molecule has 7 nitrogen and oxygen atoms in total. The van der Waals surface area contributed by atoms with Crippen molar-refractivity contribution in [2.75, 3.05) is 50.1 Å². The Balaban J connectivity index is 1.41. The standard InChI is InChI=1S/C21H27N5O2/c1-3-22-18-8-9-19(24-23-18)25-12-14-26(15-13-25)20(27)21(10-11-21)16-6-4-5-7-17(16)28-2/h4-9H,3,10-15H2,1-2H3,(H,22,23). The lowest BCUT2D eigenvalue weighted by Gasteiger charge is -2.37. The van der Waals surface area contributed by atoms with Crippen molar-refractivity contribution in [3.05, 3.63) is 42.0 Å². The number of carbonyl (C=O) groups is 1. The molecule has 1 aliphatic carbocycles. The molecule has 148 valence electrons. The Morgan fingerprint density at radius 1 is 1.11 bits per heavy atom. The predicted molar refractivity (Wildman–Crippen MR) is 109 cm³/mol. The second kappa shape index (κ2) is 7.66. The summed E-state index contributed by atoms with van der Waals surface area (Å²) in [6, 6.07) is 11.8. The molecule has 2 aromatic rings. The van der Waals surface area contributed by atoms with E-state index >= 15 is 0 Å². The van der Waals surface area contributed by atoms with Crippen molar-refractivity contribution in [2.45, 2.75) is 25.2 Å². The second-order valence-electron chi connectivity index (χ2n) is 7.37. The molecule has 1 amide bonds. The zero-order chi connectivity index (χ0) is 19.6. The molecule has 2 aliphatic rings. The van der Waals surface area contributed by atoms with E-state index in [0.717, 1.165) is 55.4 Å². The number of benzene rings is 1. The molecule has 2 heterocycles. The fourth-order valence-electron chi connectivity index (χ4n) is 3.97. The first-order valence-corrected chi connectivity index (χ1v) is 9.93. The number of hydrogen-bond acceptors (Lipinski definition) is 6. The van der Waals surface area contributed by atoms with Gasteiger partial charge in [-0.15, -0.1) is 10.2 Å². The fourth-order valence-corrected chi connectivity index (χ4v) is 3.97. The molecule has 0 bridgehead atoms. The van der Waals surface area contributed by atoms with Crippen LogP contribution >= 0.6 is 0 Å². The molecule has 0 radical (unpaired) electrons. The van der Waals surface area contributed by atoms with Crippen LogP contribution in [0.5, 0.6) is 5.75 Å². The predicted octanol–water partition coefficient (Wildman–Crippen LogP) is 2.30. The Morgan fingerprint density at radius 2 is 1.86 bits per heavy atom. The average Bonchev–Trinajstić information content (AvgIpc) is 3.56. The molecule has 7 heteroatoms. The van der Waals surface area contributed by atoms with Gasteiger partial charge in [0.05, 0.1) is 12.5 Å². The Bertz CT molecular complexity index is 827. The summed E-state index contributed by atoms with van der Waals surface area (Å²) < 4.78 is 5.51. The van der Waals surface area contributed by atoms with Crippen LogP contribution in [0.2, 0.25) is 0 Å². The van der Waals surface area contributed by atoms with E-state index in [-0.39, 0.29) is 5.91 Å². The smallest absolute Gasteiger partial charge is 0.233 e. The van der Waals surface area contributed by atoms with Crippen molar-refractivity contribution < 1.29 is 9.53 Å². The van der Waals surface area contributed by atoms with Gasteiger partial charge in [-0.25, -0.2) is 0 Å². The summed E-state index contributed by atoms with van der Waals surface area (Å²) in [5.41, 5.74) is 0.622. The number of nitrogens with one attached hydrogen (secondary N) is 1. The number of amides is 1. The average molecular weight is 381 g/mol. The van der Waals surface area contributed by atoms with Gasteiger partial charge in [-0.1, -0.05) is 18.2 Å². The number of rotatable bonds is 6. The molecule has 0 spiro atoms. The van der Waals surface area contributed by atoms with Crippen molar-refractivity contribution in [1.82, 2.24) is 15.1 Å². The van der Waals surface area contributed by atoms with Gasteiger partial charge in [0.25, 0.3) is 0 Å². The third-order valence-corrected chi connectivity index (χ3v) is 5.68. The van der Waals surface area contributed by atoms with Crippen LogP contribution < -0.4 is 15.0 Å². The van der Waals surface area contributed by atoms with E-state index in [9.17, 15) is 4.79 Å². The summed E-state index contributed by atoms with van der Waals surface area (Å²) in [7, 11) is 1.67. The Kier molecular flexibility index (Phi) is 5.07. The molecule has 1 aliphatic heterocycles. The minimum absolute atomic E-state index is 0.227. The maximum Gasteiger partial charge on any atom is 0.233 e. The topological polar surface area (TPSA) is 70.6 Å². The van der Waals surface area contributed by atoms with Crippen LogP contribution in [0, 0.1) is 0 Å². The molecule has 2 fully saturated rings. The van der Waals surface area contributed by atoms with Gasteiger partial charge < -0.3 is 19.9 Å². The number of ether oxygens (including phenoxy) is 1. The number of piperazine rings is 1. The lowest BCUT2D eigenvalue weighted by Crippen LogP contribution is -2.51. The van der Waals surface area contributed by atoms with Crippen LogP contribution in [0.25, 0.3) is 0 Å². The Morgan fingerprint density at radius 3 is 2.46 bits per heavy atom. The van der Waals surface area contributed by atoms with E-state index in [0.29, 0.717) is 13.1 Å². The number of methoxy groups -OCH3 is 1. The first-order valence-electron chi connectivity index (χ1n) is 9.93. The molecule has 1 saturated heterocycles. The zero-order valence-electron chi connectivity index (χ0n) is 16.5. The summed E-state index contributed by atoms with van der Waals surface area (Å²) in [5.74, 6) is 2.68. The lowest BCUT2D eigenvalue weighted by atomic mass is 9.93. The first kappa shape index (κ1) is 18.5. The molecular weight excluding hydrogens is 354 g/mol. The minimum atomic E-state index is -0.401. The van der Waals surface area contributed by atoms with Crippen molar-refractivity contribution in [3.8, 4) is 5.75 Å². The highest BCUT2D eigenvalue weighted by Gasteiger charge is 2.54. The number of nitrogens with zero attached hydrogens (tertiary/aromatic N) is 4. The molecule has 4 rings (SSSR count). The fraction of sp³-hybridized carbons (Fsp3) is 0.476. The third kappa shape index (κ3) is 3.37. The summed E-state index contributed by atoms with van der Waals surface area (Å²) in [6.45, 7) is 5.79. The molecule has 0 unspecified atom stereocenters. The van der Waals surface area contributed by atoms with Gasteiger partial charge in [-0.2, -0.15) is 0 Å². The quantitative estimate of drug-likeness (QED) is 0.828. The van der Waals surface area contributed by atoms with Gasteiger partial charge in [0.2, 0.25) is 5.91 Å². The highest BCUT2D eigenvalue weighted by atomic mass is 16.5. The lowest BCUT2D eigenvalue weighted by molar-refractivity contribution is -0.134. The third-order valence-electron chi connectivity index (χ3n) is 5.68. The number of para-hydroxylation sites is 1. The van der Waals surface area contributed by atoms with Crippen LogP contribution in [0.1, 0.15) is 25.3 Å². The summed E-state index contributed by atoms with van der Waals surface area (Å²) >= 11 is 0. The Labute approximate surface area is 165 Å². The van der Waals surface area contributed by atoms with E-state index in [4.69, 9.17) is 4.74 Å². The van der Waals surface area contributed by atoms with E-state index in [1.54, 1.807) is 7.11 Å². The van der Waals surface area contributed by atoms with Crippen LogP contribution in [-0.4, -0.2) is 60.8 Å². The van der Waals surface area contributed by atoms with E-state index < -0.39 is 5.41 Å². The maximum absolute atomic E-state index is 13.3. The maximum atomic E-state index is 13.3. The number of anilines is 2. The number of hydrogen-bond donors (Lipinski definition) is 1. The molecule has 1 aromatic heterocycles. The second-order valence-corrected chi connectivity index (χ2v) is 7.37.